The summed E-state index contributed by atoms with van der Waals surface area (Å²) in [5.41, 5.74) is 1.75. The van der Waals surface area contributed by atoms with Crippen LogP contribution in [0.4, 0.5) is 16.2 Å². The second-order valence-electron chi connectivity index (χ2n) is 6.45. The molecule has 152 valence electrons. The summed E-state index contributed by atoms with van der Waals surface area (Å²) in [4.78, 5) is 39.8. The van der Waals surface area contributed by atoms with E-state index in [9.17, 15) is 19.7 Å². The molecule has 0 saturated carbocycles. The monoisotopic (exact) mass is 424 g/mol. The van der Waals surface area contributed by atoms with Gasteiger partial charge in [-0.1, -0.05) is 29.8 Å². The predicted molar refractivity (Wildman–Crippen MR) is 116 cm³/mol. The lowest BCUT2D eigenvalue weighted by atomic mass is 10.0. The molecular weight excluding hydrogens is 408 g/mol. The summed E-state index contributed by atoms with van der Waals surface area (Å²) in [7, 11) is 0. The number of allylic oxidation sites excluding steroid dienone is 1. The number of nitrogens with one attached hydrogen (secondary N) is 2. The van der Waals surface area contributed by atoms with E-state index in [1.807, 2.05) is 0 Å². The van der Waals surface area contributed by atoms with Gasteiger partial charge in [0, 0.05) is 34.6 Å². The fourth-order valence-corrected chi connectivity index (χ4v) is 3.05. The molecule has 0 aromatic heterocycles. The molecule has 3 rings (SSSR count). The van der Waals surface area contributed by atoms with Gasteiger partial charge in [0.2, 0.25) is 0 Å². The smallest absolute Gasteiger partial charge is 0.307 e. The average Bonchev–Trinajstić information content (AvgIpc) is 3.23. The van der Waals surface area contributed by atoms with E-state index in [0.717, 1.165) is 5.56 Å². The first-order valence-electron chi connectivity index (χ1n) is 8.88. The Balaban J connectivity index is 1.82. The number of amides is 3. The van der Waals surface area contributed by atoms with Crippen LogP contribution in [0.5, 0.6) is 0 Å². The number of urea groups is 1. The van der Waals surface area contributed by atoms with Crippen LogP contribution in [0.25, 0.3) is 6.08 Å². The van der Waals surface area contributed by atoms with Gasteiger partial charge in [0.15, 0.2) is 0 Å². The van der Waals surface area contributed by atoms with Gasteiger partial charge < -0.3 is 5.32 Å². The number of nitro benzene ring substituents is 1. The number of aryl methyl sites for hydroxylation is 1. The lowest BCUT2D eigenvalue weighted by Gasteiger charge is -2.13. The molecule has 1 aliphatic heterocycles. The summed E-state index contributed by atoms with van der Waals surface area (Å²) in [6.07, 6.45) is 6.37. The molecule has 3 amide bonds. The summed E-state index contributed by atoms with van der Waals surface area (Å²) in [5, 5.41) is 16.4. The maximum Gasteiger partial charge on any atom is 0.326 e. The third-order valence-corrected chi connectivity index (χ3v) is 4.51. The first-order chi connectivity index (χ1) is 14.3. The molecule has 30 heavy (non-hydrogen) atoms. The van der Waals surface area contributed by atoms with E-state index >= 15 is 0 Å². The molecular formula is C21H17ClN4O4. The molecule has 8 nitrogen and oxygen atoms in total. The highest BCUT2D eigenvalue weighted by atomic mass is 35.5. The molecule has 0 bridgehead atoms. The van der Waals surface area contributed by atoms with Crippen molar-refractivity contribution in [1.82, 2.24) is 5.32 Å². The Morgan fingerprint density at radius 1 is 1.23 bits per heavy atom. The maximum atomic E-state index is 12.8. The number of carbonyl (C=O) groups is 2. The highest BCUT2D eigenvalue weighted by Gasteiger charge is 2.22. The molecule has 9 heteroatoms. The lowest BCUT2D eigenvalue weighted by Crippen LogP contribution is -2.37. The Bertz CT molecular complexity index is 1100. The van der Waals surface area contributed by atoms with Crippen molar-refractivity contribution in [3.8, 4) is 0 Å². The lowest BCUT2D eigenvalue weighted by molar-refractivity contribution is -0.384. The maximum absolute atomic E-state index is 12.8. The standard InChI is InChI=1S/C21H17ClN4O4/c1-13-10-15(22)7-8-18(13)24-21(28)25-20(27)17(19-6-3-9-23-19)12-14-4-2-5-16(11-14)26(29)30/h2-12,19H,1H3,(H2,24,25,27,28)/b17-12+. The predicted octanol–water partition coefficient (Wildman–Crippen LogP) is 4.30. The van der Waals surface area contributed by atoms with Crippen molar-refractivity contribution in [2.75, 3.05) is 5.32 Å². The van der Waals surface area contributed by atoms with Crippen molar-refractivity contribution in [2.24, 2.45) is 4.99 Å². The van der Waals surface area contributed by atoms with Gasteiger partial charge in [-0.15, -0.1) is 0 Å². The van der Waals surface area contributed by atoms with E-state index in [-0.39, 0.29) is 11.3 Å². The van der Waals surface area contributed by atoms with Gasteiger partial charge in [0.1, 0.15) is 0 Å². The van der Waals surface area contributed by atoms with Crippen molar-refractivity contribution in [1.29, 1.82) is 0 Å². The number of non-ortho nitro benzene ring substituents is 1. The fourth-order valence-electron chi connectivity index (χ4n) is 2.82. The van der Waals surface area contributed by atoms with Gasteiger partial charge in [-0.2, -0.15) is 0 Å². The van der Waals surface area contributed by atoms with Gasteiger partial charge in [-0.25, -0.2) is 4.79 Å². The topological polar surface area (TPSA) is 114 Å². The molecule has 2 aromatic rings. The summed E-state index contributed by atoms with van der Waals surface area (Å²) >= 11 is 5.91. The van der Waals surface area contributed by atoms with Crippen LogP contribution in [0.3, 0.4) is 0 Å². The van der Waals surface area contributed by atoms with Crippen molar-refractivity contribution < 1.29 is 14.5 Å². The van der Waals surface area contributed by atoms with Gasteiger partial charge in [0.25, 0.3) is 11.6 Å². The zero-order valence-corrected chi connectivity index (χ0v) is 16.6. The second-order valence-corrected chi connectivity index (χ2v) is 6.88. The van der Waals surface area contributed by atoms with Gasteiger partial charge in [-0.05, 0) is 48.4 Å². The molecule has 0 aliphatic carbocycles. The Labute approximate surface area is 177 Å². The van der Waals surface area contributed by atoms with Gasteiger partial charge in [0.05, 0.1) is 11.0 Å². The van der Waals surface area contributed by atoms with E-state index in [0.29, 0.717) is 16.3 Å². The third kappa shape index (κ3) is 5.18. The zero-order valence-electron chi connectivity index (χ0n) is 15.8. The number of nitro groups is 1. The molecule has 2 aromatic carbocycles. The molecule has 1 heterocycles. The molecule has 2 N–H and O–H groups in total. The third-order valence-electron chi connectivity index (χ3n) is 4.27. The average molecular weight is 425 g/mol. The Hall–Kier alpha value is -3.78. The number of imide groups is 1. The van der Waals surface area contributed by atoms with Crippen LogP contribution in [-0.4, -0.2) is 29.1 Å². The Morgan fingerprint density at radius 2 is 2.03 bits per heavy atom. The molecule has 0 saturated heterocycles. The number of rotatable bonds is 5. The van der Waals surface area contributed by atoms with Crippen LogP contribution in [0.15, 0.2) is 65.2 Å². The highest BCUT2D eigenvalue weighted by molar-refractivity contribution is 6.30. The van der Waals surface area contributed by atoms with E-state index < -0.39 is 22.9 Å². The molecule has 1 unspecified atom stereocenters. The van der Waals surface area contributed by atoms with Crippen LogP contribution in [0, 0.1) is 17.0 Å². The summed E-state index contributed by atoms with van der Waals surface area (Å²) in [5.74, 6) is -0.667. The van der Waals surface area contributed by atoms with Crippen molar-refractivity contribution in [3.05, 3.63) is 86.5 Å². The van der Waals surface area contributed by atoms with Gasteiger partial charge in [-0.3, -0.25) is 25.2 Å². The molecule has 1 atom stereocenters. The quantitative estimate of drug-likeness (QED) is 0.423. The minimum atomic E-state index is -0.721. The number of halogens is 1. The summed E-state index contributed by atoms with van der Waals surface area (Å²) in [6, 6.07) is 9.45. The van der Waals surface area contributed by atoms with Crippen molar-refractivity contribution in [2.45, 2.75) is 13.0 Å². The fraction of sp³-hybridized carbons (Fsp3) is 0.0952. The van der Waals surface area contributed by atoms with Crippen LogP contribution in [0.1, 0.15) is 11.1 Å². The highest BCUT2D eigenvalue weighted by Crippen LogP contribution is 2.21. The molecule has 0 radical (unpaired) electrons. The normalized spacial score (nSPS) is 15.1. The Morgan fingerprint density at radius 3 is 2.70 bits per heavy atom. The van der Waals surface area contributed by atoms with Crippen molar-refractivity contribution in [3.63, 3.8) is 0 Å². The minimum Gasteiger partial charge on any atom is -0.307 e. The van der Waals surface area contributed by atoms with E-state index in [1.165, 1.54) is 30.5 Å². The van der Waals surface area contributed by atoms with Gasteiger partial charge >= 0.3 is 6.03 Å². The molecule has 1 aliphatic rings. The van der Waals surface area contributed by atoms with Crippen LogP contribution >= 0.6 is 11.6 Å². The number of carbonyl (C=O) groups excluding carboxylic acids is 2. The van der Waals surface area contributed by atoms with E-state index in [4.69, 9.17) is 11.6 Å². The second kappa shape index (κ2) is 9.15. The number of nitrogens with zero attached hydrogens (tertiary/aromatic N) is 2. The number of hydrogen-bond donors (Lipinski definition) is 2. The first-order valence-corrected chi connectivity index (χ1v) is 9.26. The summed E-state index contributed by atoms with van der Waals surface area (Å²) in [6.45, 7) is 1.77. The molecule has 0 spiro atoms. The zero-order chi connectivity index (χ0) is 21.7. The van der Waals surface area contributed by atoms with Crippen LogP contribution < -0.4 is 10.6 Å². The van der Waals surface area contributed by atoms with E-state index in [1.54, 1.807) is 43.3 Å². The summed E-state index contributed by atoms with van der Waals surface area (Å²) < 4.78 is 0. The van der Waals surface area contributed by atoms with Crippen molar-refractivity contribution >= 4 is 47.2 Å². The molecule has 0 fully saturated rings. The SMILES string of the molecule is Cc1cc(Cl)ccc1NC(=O)NC(=O)/C(=C/c1cccc([N+](=O)[O-])c1)C1C=CC=N1. The first kappa shape index (κ1) is 20.9. The number of aliphatic imine (C=N–C) groups is 1. The number of benzene rings is 2. The van der Waals surface area contributed by atoms with E-state index in [2.05, 4.69) is 15.6 Å². The Kier molecular flexibility index (Phi) is 6.38. The van der Waals surface area contributed by atoms with Crippen LogP contribution in [0.2, 0.25) is 5.02 Å². The minimum absolute atomic E-state index is 0.107. The number of hydrogen-bond acceptors (Lipinski definition) is 5. The largest absolute Gasteiger partial charge is 0.326 e. The number of anilines is 1. The van der Waals surface area contributed by atoms with Crippen LogP contribution in [-0.2, 0) is 4.79 Å².